The van der Waals surface area contributed by atoms with Crippen LogP contribution in [-0.2, 0) is 0 Å². The molecule has 0 amide bonds. The van der Waals surface area contributed by atoms with Crippen molar-refractivity contribution in [3.8, 4) is 0 Å². The van der Waals surface area contributed by atoms with Gasteiger partial charge in [0.15, 0.2) is 0 Å². The average Bonchev–Trinajstić information content (AvgIpc) is 2.21. The molecule has 2 aliphatic heterocycles. The quantitative estimate of drug-likeness (QED) is 0.633. The lowest BCUT2D eigenvalue weighted by molar-refractivity contribution is 0.139. The van der Waals surface area contributed by atoms with Crippen LogP contribution in [0.2, 0.25) is 0 Å². The molecule has 2 aliphatic rings. The van der Waals surface area contributed by atoms with E-state index < -0.39 is 0 Å². The van der Waals surface area contributed by atoms with Gasteiger partial charge in [0.1, 0.15) is 0 Å². The Kier molecular flexibility index (Phi) is 3.01. The predicted octanol–water partition coefficient (Wildman–Crippen LogP) is 1.22. The minimum atomic E-state index is 0.860. The van der Waals surface area contributed by atoms with Crippen LogP contribution in [0.4, 0.5) is 0 Å². The third-order valence-corrected chi connectivity index (χ3v) is 3.18. The van der Waals surface area contributed by atoms with Crippen LogP contribution in [0.1, 0.15) is 32.1 Å². The van der Waals surface area contributed by atoms with E-state index in [1.807, 2.05) is 0 Å². The highest BCUT2D eigenvalue weighted by Gasteiger charge is 2.21. The van der Waals surface area contributed by atoms with E-state index in [4.69, 9.17) is 0 Å². The van der Waals surface area contributed by atoms with Crippen LogP contribution >= 0.6 is 0 Å². The molecule has 0 aromatic heterocycles. The SMILES string of the molecule is C1CCN(C2CCCNC2)CC1. The molecule has 2 rings (SSSR count). The van der Waals surface area contributed by atoms with Gasteiger partial charge in [-0.05, 0) is 45.3 Å². The zero-order valence-corrected chi connectivity index (χ0v) is 7.89. The van der Waals surface area contributed by atoms with Gasteiger partial charge in [0.2, 0.25) is 0 Å². The standard InChI is InChI=1S/C10H20N2/c1-2-7-12(8-3-1)10-5-4-6-11-9-10/h10-11H,1-9H2. The van der Waals surface area contributed by atoms with Gasteiger partial charge in [-0.25, -0.2) is 0 Å². The molecule has 0 saturated carbocycles. The van der Waals surface area contributed by atoms with Crippen LogP contribution in [0, 0.1) is 0 Å². The molecule has 0 aromatic carbocycles. The minimum Gasteiger partial charge on any atom is -0.315 e. The van der Waals surface area contributed by atoms with Crippen molar-refractivity contribution >= 4 is 0 Å². The Bertz CT molecular complexity index is 108. The van der Waals surface area contributed by atoms with E-state index in [9.17, 15) is 0 Å². The largest absolute Gasteiger partial charge is 0.315 e. The highest BCUT2D eigenvalue weighted by atomic mass is 15.2. The van der Waals surface area contributed by atoms with Gasteiger partial charge in [-0.2, -0.15) is 0 Å². The second-order valence-electron chi connectivity index (χ2n) is 4.10. The summed E-state index contributed by atoms with van der Waals surface area (Å²) >= 11 is 0. The van der Waals surface area contributed by atoms with Crippen LogP contribution in [-0.4, -0.2) is 37.1 Å². The molecule has 0 aliphatic carbocycles. The van der Waals surface area contributed by atoms with Crippen LogP contribution in [0.5, 0.6) is 0 Å². The molecular formula is C10H20N2. The van der Waals surface area contributed by atoms with Crippen molar-refractivity contribution in [2.45, 2.75) is 38.1 Å². The second kappa shape index (κ2) is 4.24. The monoisotopic (exact) mass is 168 g/mol. The highest BCUT2D eigenvalue weighted by Crippen LogP contribution is 2.16. The molecule has 0 spiro atoms. The van der Waals surface area contributed by atoms with Crippen molar-refractivity contribution in [3.05, 3.63) is 0 Å². The van der Waals surface area contributed by atoms with E-state index in [1.165, 1.54) is 58.3 Å². The van der Waals surface area contributed by atoms with Gasteiger partial charge in [0.05, 0.1) is 0 Å². The molecule has 1 atom stereocenters. The molecule has 0 bridgehead atoms. The minimum absolute atomic E-state index is 0.860. The summed E-state index contributed by atoms with van der Waals surface area (Å²) in [6.07, 6.45) is 7.11. The molecule has 1 unspecified atom stereocenters. The maximum Gasteiger partial charge on any atom is 0.0221 e. The Morgan fingerprint density at radius 2 is 1.83 bits per heavy atom. The average molecular weight is 168 g/mol. The Hall–Kier alpha value is -0.0800. The van der Waals surface area contributed by atoms with Crippen molar-refractivity contribution in [1.82, 2.24) is 10.2 Å². The summed E-state index contributed by atoms with van der Waals surface area (Å²) in [5, 5.41) is 3.49. The Morgan fingerprint density at radius 1 is 1.00 bits per heavy atom. The molecule has 1 N–H and O–H groups in total. The summed E-state index contributed by atoms with van der Waals surface area (Å²) in [6, 6.07) is 0.860. The summed E-state index contributed by atoms with van der Waals surface area (Å²) in [6.45, 7) is 5.18. The van der Waals surface area contributed by atoms with Crippen molar-refractivity contribution in [2.75, 3.05) is 26.2 Å². The number of hydrogen-bond acceptors (Lipinski definition) is 2. The normalized spacial score (nSPS) is 33.5. The third-order valence-electron chi connectivity index (χ3n) is 3.18. The number of likely N-dealkylation sites (tertiary alicyclic amines) is 1. The first kappa shape index (κ1) is 8.52. The molecule has 12 heavy (non-hydrogen) atoms. The molecule has 70 valence electrons. The zero-order chi connectivity index (χ0) is 8.23. The van der Waals surface area contributed by atoms with Gasteiger partial charge < -0.3 is 5.32 Å². The van der Waals surface area contributed by atoms with Gasteiger partial charge in [-0.3, -0.25) is 4.90 Å². The van der Waals surface area contributed by atoms with E-state index in [1.54, 1.807) is 0 Å². The van der Waals surface area contributed by atoms with E-state index >= 15 is 0 Å². The first-order chi connectivity index (χ1) is 5.97. The van der Waals surface area contributed by atoms with Gasteiger partial charge in [-0.15, -0.1) is 0 Å². The fraction of sp³-hybridized carbons (Fsp3) is 1.00. The van der Waals surface area contributed by atoms with E-state index in [-0.39, 0.29) is 0 Å². The fourth-order valence-electron chi connectivity index (χ4n) is 2.43. The third kappa shape index (κ3) is 1.99. The zero-order valence-electron chi connectivity index (χ0n) is 7.89. The molecule has 0 aromatic rings. The lowest BCUT2D eigenvalue weighted by Crippen LogP contribution is -2.47. The number of rotatable bonds is 1. The van der Waals surface area contributed by atoms with Gasteiger partial charge in [0.25, 0.3) is 0 Å². The Balaban J connectivity index is 1.80. The summed E-state index contributed by atoms with van der Waals surface area (Å²) in [5.74, 6) is 0. The van der Waals surface area contributed by atoms with Crippen molar-refractivity contribution in [3.63, 3.8) is 0 Å². The highest BCUT2D eigenvalue weighted by molar-refractivity contribution is 4.80. The summed E-state index contributed by atoms with van der Waals surface area (Å²) in [4.78, 5) is 2.69. The molecule has 2 fully saturated rings. The number of nitrogens with zero attached hydrogens (tertiary/aromatic N) is 1. The molecule has 2 heterocycles. The first-order valence-electron chi connectivity index (χ1n) is 5.41. The van der Waals surface area contributed by atoms with Gasteiger partial charge in [-0.1, -0.05) is 6.42 Å². The molecule has 2 nitrogen and oxygen atoms in total. The van der Waals surface area contributed by atoms with E-state index in [2.05, 4.69) is 10.2 Å². The molecule has 0 radical (unpaired) electrons. The summed E-state index contributed by atoms with van der Waals surface area (Å²) in [5.41, 5.74) is 0. The summed E-state index contributed by atoms with van der Waals surface area (Å²) < 4.78 is 0. The van der Waals surface area contributed by atoms with Crippen molar-refractivity contribution in [1.29, 1.82) is 0 Å². The fourth-order valence-corrected chi connectivity index (χ4v) is 2.43. The maximum atomic E-state index is 3.49. The van der Waals surface area contributed by atoms with Gasteiger partial charge >= 0.3 is 0 Å². The predicted molar refractivity (Wildman–Crippen MR) is 51.3 cm³/mol. The smallest absolute Gasteiger partial charge is 0.0221 e. The number of piperidine rings is 2. The first-order valence-corrected chi connectivity index (χ1v) is 5.41. The van der Waals surface area contributed by atoms with Crippen LogP contribution in [0.3, 0.4) is 0 Å². The van der Waals surface area contributed by atoms with Crippen LogP contribution < -0.4 is 5.32 Å². The second-order valence-corrected chi connectivity index (χ2v) is 4.10. The molecular weight excluding hydrogens is 148 g/mol. The van der Waals surface area contributed by atoms with Gasteiger partial charge in [0, 0.05) is 12.6 Å². The number of hydrogen-bond donors (Lipinski definition) is 1. The van der Waals surface area contributed by atoms with E-state index in [0.717, 1.165) is 6.04 Å². The molecule has 2 saturated heterocycles. The van der Waals surface area contributed by atoms with Crippen LogP contribution in [0.25, 0.3) is 0 Å². The number of nitrogens with one attached hydrogen (secondary N) is 1. The lowest BCUT2D eigenvalue weighted by atomic mass is 10.0. The van der Waals surface area contributed by atoms with Crippen molar-refractivity contribution in [2.24, 2.45) is 0 Å². The van der Waals surface area contributed by atoms with Crippen molar-refractivity contribution < 1.29 is 0 Å². The maximum absolute atomic E-state index is 3.49. The lowest BCUT2D eigenvalue weighted by Gasteiger charge is -2.36. The Morgan fingerprint density at radius 3 is 2.50 bits per heavy atom. The van der Waals surface area contributed by atoms with E-state index in [0.29, 0.717) is 0 Å². The Labute approximate surface area is 75.3 Å². The topological polar surface area (TPSA) is 15.3 Å². The van der Waals surface area contributed by atoms with Crippen LogP contribution in [0.15, 0.2) is 0 Å². The summed E-state index contributed by atoms with van der Waals surface area (Å²) in [7, 11) is 0. The molecule has 2 heteroatoms.